The number of sulfonamides is 1. The van der Waals surface area contributed by atoms with E-state index in [0.717, 1.165) is 16.9 Å². The Labute approximate surface area is 248 Å². The molecule has 0 bridgehead atoms. The summed E-state index contributed by atoms with van der Waals surface area (Å²) in [6.45, 7) is 5.93. The predicted octanol–water partition coefficient (Wildman–Crippen LogP) is 5.73. The van der Waals surface area contributed by atoms with Gasteiger partial charge in [0.15, 0.2) is 10.4 Å². The Bertz CT molecular complexity index is 1640. The second-order valence-electron chi connectivity index (χ2n) is 10.4. The molecule has 2 heterocycles. The number of carbonyl (C=O) groups excluding carboxylic acids is 1. The minimum Gasteiger partial charge on any atom is -0.497 e. The van der Waals surface area contributed by atoms with Crippen molar-refractivity contribution in [3.05, 3.63) is 83.9 Å². The average molecular weight is 611 g/mol. The molecule has 0 unspecified atom stereocenters. The third-order valence-electron chi connectivity index (χ3n) is 6.48. The first kappa shape index (κ1) is 28.9. The molecule has 0 saturated carbocycles. The molecule has 0 aliphatic carbocycles. The van der Waals surface area contributed by atoms with Crippen molar-refractivity contribution in [1.82, 2.24) is 10.2 Å². The summed E-state index contributed by atoms with van der Waals surface area (Å²) in [5.74, 6) is 1.05. The lowest BCUT2D eigenvalue weighted by Crippen LogP contribution is -2.49. The van der Waals surface area contributed by atoms with Gasteiger partial charge in [0.1, 0.15) is 11.5 Å². The zero-order valence-corrected chi connectivity index (χ0v) is 25.5. The van der Waals surface area contributed by atoms with Crippen LogP contribution >= 0.6 is 23.1 Å². The van der Waals surface area contributed by atoms with Gasteiger partial charge in [-0.05, 0) is 52.9 Å². The van der Waals surface area contributed by atoms with Crippen molar-refractivity contribution >= 4 is 49.8 Å². The van der Waals surface area contributed by atoms with Gasteiger partial charge in [0.25, 0.3) is 15.9 Å². The Morgan fingerprint density at radius 1 is 1.10 bits per heavy atom. The van der Waals surface area contributed by atoms with E-state index >= 15 is 0 Å². The number of hydrogen-bond donors (Lipinski definition) is 1. The molecule has 9 nitrogen and oxygen atoms in total. The molecular weight excluding hydrogens is 581 g/mol. The van der Waals surface area contributed by atoms with E-state index in [4.69, 9.17) is 9.47 Å². The van der Waals surface area contributed by atoms with E-state index in [9.17, 15) is 13.2 Å². The zero-order valence-electron chi connectivity index (χ0n) is 23.0. The number of hydrogen-bond acceptors (Lipinski definition) is 9. The fourth-order valence-corrected chi connectivity index (χ4v) is 7.36. The first-order valence-corrected chi connectivity index (χ1v) is 16.1. The van der Waals surface area contributed by atoms with Crippen LogP contribution in [0, 0.1) is 0 Å². The number of nitrogens with zero attached hydrogens (tertiary/aromatic N) is 3. The Morgan fingerprint density at radius 3 is 2.51 bits per heavy atom. The summed E-state index contributed by atoms with van der Waals surface area (Å²) in [7, 11) is -2.53. The molecule has 1 atom stereocenters. The third kappa shape index (κ3) is 6.50. The van der Waals surface area contributed by atoms with Gasteiger partial charge in [-0.3, -0.25) is 14.4 Å². The highest BCUT2D eigenvalue weighted by Gasteiger charge is 2.38. The van der Waals surface area contributed by atoms with Crippen LogP contribution in [0.25, 0.3) is 0 Å². The fraction of sp³-hybridized carbons (Fsp3) is 0.276. The van der Waals surface area contributed by atoms with Gasteiger partial charge in [-0.1, -0.05) is 80.3 Å². The molecule has 3 aromatic carbocycles. The van der Waals surface area contributed by atoms with E-state index in [1.54, 1.807) is 18.2 Å². The minimum atomic E-state index is -4.04. The lowest BCUT2D eigenvalue weighted by atomic mass is 9.86. The normalized spacial score (nSPS) is 15.1. The summed E-state index contributed by atoms with van der Waals surface area (Å²) in [4.78, 5) is 13.4. The van der Waals surface area contributed by atoms with Gasteiger partial charge in [-0.25, -0.2) is 8.42 Å². The molecule has 0 fully saturated rings. The van der Waals surface area contributed by atoms with Crippen molar-refractivity contribution in [2.24, 2.45) is 0 Å². The summed E-state index contributed by atoms with van der Waals surface area (Å²) < 4.78 is 41.0. The van der Waals surface area contributed by atoms with Crippen molar-refractivity contribution in [1.29, 1.82) is 0 Å². The molecule has 4 aromatic rings. The molecule has 0 radical (unpaired) electrons. The van der Waals surface area contributed by atoms with Gasteiger partial charge < -0.3 is 9.47 Å². The molecule has 0 saturated heterocycles. The van der Waals surface area contributed by atoms with Crippen LogP contribution in [0.4, 0.5) is 10.8 Å². The number of benzene rings is 3. The van der Waals surface area contributed by atoms with Crippen molar-refractivity contribution in [2.45, 2.75) is 47.3 Å². The summed E-state index contributed by atoms with van der Waals surface area (Å²) >= 11 is 2.77. The maximum absolute atomic E-state index is 13.9. The summed E-state index contributed by atoms with van der Waals surface area (Å²) in [6, 6.07) is 21.6. The second-order valence-corrected chi connectivity index (χ2v) is 14.4. The van der Waals surface area contributed by atoms with Crippen LogP contribution < -0.4 is 19.1 Å². The van der Waals surface area contributed by atoms with E-state index in [1.807, 2.05) is 63.2 Å². The number of anilines is 2. The lowest BCUT2D eigenvalue weighted by molar-refractivity contribution is -0.122. The van der Waals surface area contributed by atoms with Gasteiger partial charge in [-0.2, -0.15) is 0 Å². The SMILES string of the molecule is COc1ccc(S(=O)(=O)N2C[C@@H](C(=O)Nc3nnc(SCc4ccccc4)s3)Oc3ccc(C(C)(C)C)cc32)cc1. The molecule has 0 spiro atoms. The highest BCUT2D eigenvalue weighted by Crippen LogP contribution is 2.40. The Balaban J connectivity index is 1.39. The first-order chi connectivity index (χ1) is 19.5. The van der Waals surface area contributed by atoms with Gasteiger partial charge >= 0.3 is 0 Å². The Kier molecular flexibility index (Phi) is 8.25. The third-order valence-corrected chi connectivity index (χ3v) is 10.3. The maximum Gasteiger partial charge on any atom is 0.269 e. The smallest absolute Gasteiger partial charge is 0.269 e. The number of nitrogens with one attached hydrogen (secondary N) is 1. The highest BCUT2D eigenvalue weighted by atomic mass is 32.2. The quantitative estimate of drug-likeness (QED) is 0.199. The van der Waals surface area contributed by atoms with Crippen molar-refractivity contribution in [2.75, 3.05) is 23.3 Å². The van der Waals surface area contributed by atoms with Gasteiger partial charge in [0.2, 0.25) is 5.13 Å². The van der Waals surface area contributed by atoms with Crippen LogP contribution in [0.1, 0.15) is 31.9 Å². The summed E-state index contributed by atoms with van der Waals surface area (Å²) in [6.07, 6.45) is -1.11. The number of carbonyl (C=O) groups is 1. The molecule has 1 aromatic heterocycles. The standard InChI is InChI=1S/C29H30N4O5S3/c1-29(2,3)20-10-15-24-23(16-20)33(41(35,36)22-13-11-21(37-4)12-14-22)17-25(38-24)26(34)30-27-31-32-28(40-27)39-18-19-8-6-5-7-9-19/h5-16,25H,17-18H2,1-4H3,(H,30,31,34)/t25-/m0/s1. The molecule has 1 N–H and O–H groups in total. The van der Waals surface area contributed by atoms with Crippen molar-refractivity contribution in [3.8, 4) is 11.5 Å². The van der Waals surface area contributed by atoms with E-state index in [0.29, 0.717) is 26.7 Å². The fourth-order valence-electron chi connectivity index (χ4n) is 4.18. The number of methoxy groups -OCH3 is 1. The Morgan fingerprint density at radius 2 is 1.83 bits per heavy atom. The summed E-state index contributed by atoms with van der Waals surface area (Å²) in [5, 5.41) is 11.3. The molecule has 5 rings (SSSR count). The second kappa shape index (κ2) is 11.7. The average Bonchev–Trinajstić information content (AvgIpc) is 3.42. The van der Waals surface area contributed by atoms with Crippen molar-refractivity contribution in [3.63, 3.8) is 0 Å². The molecule has 1 amide bonds. The van der Waals surface area contributed by atoms with Crippen LogP contribution in [-0.2, 0) is 26.0 Å². The first-order valence-electron chi connectivity index (χ1n) is 12.8. The van der Waals surface area contributed by atoms with Crippen LogP contribution in [0.3, 0.4) is 0 Å². The molecular formula is C29H30N4O5S3. The van der Waals surface area contributed by atoms with E-state index in [2.05, 4.69) is 15.5 Å². The monoisotopic (exact) mass is 610 g/mol. The molecule has 214 valence electrons. The van der Waals surface area contributed by atoms with Crippen LogP contribution in [0.15, 0.2) is 82.0 Å². The molecule has 1 aliphatic rings. The van der Waals surface area contributed by atoms with E-state index in [-0.39, 0.29) is 16.9 Å². The Hall–Kier alpha value is -3.61. The number of rotatable bonds is 8. The number of thioether (sulfide) groups is 1. The summed E-state index contributed by atoms with van der Waals surface area (Å²) in [5.41, 5.74) is 2.24. The van der Waals surface area contributed by atoms with Gasteiger partial charge in [-0.15, -0.1) is 10.2 Å². The van der Waals surface area contributed by atoms with E-state index in [1.165, 1.54) is 46.6 Å². The van der Waals surface area contributed by atoms with Crippen LogP contribution in [-0.4, -0.2) is 44.3 Å². The van der Waals surface area contributed by atoms with Gasteiger partial charge in [0, 0.05) is 5.75 Å². The van der Waals surface area contributed by atoms with Crippen LogP contribution in [0.5, 0.6) is 11.5 Å². The number of fused-ring (bicyclic) bond motifs is 1. The lowest BCUT2D eigenvalue weighted by Gasteiger charge is -2.35. The zero-order chi connectivity index (χ0) is 29.2. The molecule has 12 heteroatoms. The number of aromatic nitrogens is 2. The maximum atomic E-state index is 13.9. The highest BCUT2D eigenvalue weighted by molar-refractivity contribution is 8.00. The number of ether oxygens (including phenoxy) is 2. The van der Waals surface area contributed by atoms with Crippen molar-refractivity contribution < 1.29 is 22.7 Å². The van der Waals surface area contributed by atoms with Crippen LogP contribution in [0.2, 0.25) is 0 Å². The molecule has 41 heavy (non-hydrogen) atoms. The van der Waals surface area contributed by atoms with E-state index < -0.39 is 22.0 Å². The predicted molar refractivity (Wildman–Crippen MR) is 162 cm³/mol. The largest absolute Gasteiger partial charge is 0.497 e. The minimum absolute atomic E-state index is 0.0793. The molecule has 1 aliphatic heterocycles. The van der Waals surface area contributed by atoms with Gasteiger partial charge in [0.05, 0.1) is 24.2 Å². The number of amides is 1. The topological polar surface area (TPSA) is 111 Å².